The van der Waals surface area contributed by atoms with Gasteiger partial charge in [-0.05, 0) is 24.6 Å². The van der Waals surface area contributed by atoms with Crippen molar-refractivity contribution in [3.63, 3.8) is 0 Å². The standard InChI is InChI=1S/C18H26ClN7/c1-13(16-21-17(20)23-18(22-16)24(2)3)26-10-8-25(9-11-26)12-14-4-6-15(19)7-5-14/h4-7,13H,8-12H2,1-3H3,(H2,20,21,22,23). The molecule has 1 fully saturated rings. The van der Waals surface area contributed by atoms with E-state index in [1.54, 1.807) is 0 Å². The van der Waals surface area contributed by atoms with Crippen LogP contribution in [0.5, 0.6) is 0 Å². The van der Waals surface area contributed by atoms with E-state index < -0.39 is 0 Å². The molecule has 0 radical (unpaired) electrons. The molecule has 1 saturated heterocycles. The van der Waals surface area contributed by atoms with Crippen LogP contribution in [0.15, 0.2) is 24.3 Å². The summed E-state index contributed by atoms with van der Waals surface area (Å²) in [6.07, 6.45) is 0. The van der Waals surface area contributed by atoms with Gasteiger partial charge in [-0.1, -0.05) is 23.7 Å². The van der Waals surface area contributed by atoms with Gasteiger partial charge in [0.05, 0.1) is 6.04 Å². The summed E-state index contributed by atoms with van der Waals surface area (Å²) < 4.78 is 0. The molecule has 26 heavy (non-hydrogen) atoms. The van der Waals surface area contributed by atoms with Gasteiger partial charge < -0.3 is 10.6 Å². The van der Waals surface area contributed by atoms with Crippen LogP contribution in [0.4, 0.5) is 11.9 Å². The van der Waals surface area contributed by atoms with Gasteiger partial charge in [-0.2, -0.15) is 15.0 Å². The molecule has 7 nitrogen and oxygen atoms in total. The first-order chi connectivity index (χ1) is 12.4. The summed E-state index contributed by atoms with van der Waals surface area (Å²) >= 11 is 5.96. The number of aromatic nitrogens is 3. The van der Waals surface area contributed by atoms with Gasteiger partial charge in [0.25, 0.3) is 0 Å². The van der Waals surface area contributed by atoms with Gasteiger partial charge in [-0.15, -0.1) is 0 Å². The minimum Gasteiger partial charge on any atom is -0.368 e. The lowest BCUT2D eigenvalue weighted by molar-refractivity contribution is 0.0948. The molecule has 0 spiro atoms. The quantitative estimate of drug-likeness (QED) is 0.857. The van der Waals surface area contributed by atoms with E-state index in [1.807, 2.05) is 31.1 Å². The molecule has 0 bridgehead atoms. The molecule has 2 N–H and O–H groups in total. The number of nitrogens with zero attached hydrogens (tertiary/aromatic N) is 6. The van der Waals surface area contributed by atoms with Crippen molar-refractivity contribution in [1.82, 2.24) is 24.8 Å². The van der Waals surface area contributed by atoms with E-state index in [1.165, 1.54) is 5.56 Å². The number of hydrogen-bond acceptors (Lipinski definition) is 7. The highest BCUT2D eigenvalue weighted by atomic mass is 35.5. The van der Waals surface area contributed by atoms with E-state index in [0.717, 1.165) is 43.6 Å². The van der Waals surface area contributed by atoms with E-state index in [4.69, 9.17) is 17.3 Å². The lowest BCUT2D eigenvalue weighted by atomic mass is 10.1. The first kappa shape index (κ1) is 18.8. The molecule has 8 heteroatoms. The average Bonchev–Trinajstić information content (AvgIpc) is 2.63. The summed E-state index contributed by atoms with van der Waals surface area (Å²) in [7, 11) is 3.80. The summed E-state index contributed by atoms with van der Waals surface area (Å²) in [6, 6.07) is 8.18. The maximum atomic E-state index is 5.96. The Labute approximate surface area is 159 Å². The highest BCUT2D eigenvalue weighted by Gasteiger charge is 2.24. The number of anilines is 2. The maximum Gasteiger partial charge on any atom is 0.229 e. The van der Waals surface area contributed by atoms with Gasteiger partial charge in [0.1, 0.15) is 0 Å². The average molecular weight is 376 g/mol. The number of nitrogen functional groups attached to an aromatic ring is 1. The third kappa shape index (κ3) is 4.60. The predicted molar refractivity (Wildman–Crippen MR) is 105 cm³/mol. The van der Waals surface area contributed by atoms with E-state index in [2.05, 4.69) is 43.8 Å². The lowest BCUT2D eigenvalue weighted by Gasteiger charge is -2.37. The summed E-state index contributed by atoms with van der Waals surface area (Å²) in [4.78, 5) is 19.8. The van der Waals surface area contributed by atoms with Crippen LogP contribution in [0.1, 0.15) is 24.4 Å². The van der Waals surface area contributed by atoms with Crippen molar-refractivity contribution in [2.75, 3.05) is 50.9 Å². The molecular formula is C18H26ClN7. The number of nitrogens with two attached hydrogens (primary N) is 1. The Kier molecular flexibility index (Phi) is 5.90. The molecule has 1 aromatic carbocycles. The maximum absolute atomic E-state index is 5.96. The number of halogens is 1. The molecule has 0 saturated carbocycles. The number of rotatable bonds is 5. The van der Waals surface area contributed by atoms with E-state index in [0.29, 0.717) is 5.95 Å². The Balaban J connectivity index is 1.60. The van der Waals surface area contributed by atoms with Crippen molar-refractivity contribution >= 4 is 23.5 Å². The Bertz CT molecular complexity index is 727. The van der Waals surface area contributed by atoms with Crippen LogP contribution in [0, 0.1) is 0 Å². The second-order valence-corrected chi connectivity index (χ2v) is 7.30. The van der Waals surface area contributed by atoms with Crippen molar-refractivity contribution < 1.29 is 0 Å². The summed E-state index contributed by atoms with van der Waals surface area (Å²) in [5, 5.41) is 0.779. The van der Waals surface area contributed by atoms with Crippen LogP contribution in [-0.4, -0.2) is 65.0 Å². The zero-order valence-electron chi connectivity index (χ0n) is 15.6. The van der Waals surface area contributed by atoms with Crippen molar-refractivity contribution in [3.05, 3.63) is 40.7 Å². The van der Waals surface area contributed by atoms with Crippen LogP contribution in [0.3, 0.4) is 0 Å². The van der Waals surface area contributed by atoms with Gasteiger partial charge in [-0.3, -0.25) is 9.80 Å². The molecule has 1 unspecified atom stereocenters. The van der Waals surface area contributed by atoms with Crippen LogP contribution >= 0.6 is 11.6 Å². The molecule has 1 aromatic heterocycles. The molecule has 3 rings (SSSR count). The third-order valence-electron chi connectivity index (χ3n) is 4.71. The second kappa shape index (κ2) is 8.16. The van der Waals surface area contributed by atoms with E-state index in [9.17, 15) is 0 Å². The van der Waals surface area contributed by atoms with E-state index >= 15 is 0 Å². The zero-order valence-corrected chi connectivity index (χ0v) is 16.3. The summed E-state index contributed by atoms with van der Waals surface area (Å²) in [5.41, 5.74) is 7.15. The van der Waals surface area contributed by atoms with Gasteiger partial charge in [0, 0.05) is 51.8 Å². The molecule has 2 aromatic rings. The smallest absolute Gasteiger partial charge is 0.229 e. The molecule has 140 valence electrons. The monoisotopic (exact) mass is 375 g/mol. The fourth-order valence-electron chi connectivity index (χ4n) is 3.10. The van der Waals surface area contributed by atoms with Crippen molar-refractivity contribution in [2.45, 2.75) is 19.5 Å². The van der Waals surface area contributed by atoms with Gasteiger partial charge in [0.2, 0.25) is 11.9 Å². The lowest BCUT2D eigenvalue weighted by Crippen LogP contribution is -2.47. The number of benzene rings is 1. The SMILES string of the molecule is CC(c1nc(N)nc(N(C)C)n1)N1CCN(Cc2ccc(Cl)cc2)CC1. The van der Waals surface area contributed by atoms with Gasteiger partial charge >= 0.3 is 0 Å². The van der Waals surface area contributed by atoms with Crippen molar-refractivity contribution in [1.29, 1.82) is 0 Å². The molecule has 1 aliphatic rings. The highest BCUT2D eigenvalue weighted by molar-refractivity contribution is 6.30. The van der Waals surface area contributed by atoms with Crippen molar-refractivity contribution in [2.24, 2.45) is 0 Å². The largest absolute Gasteiger partial charge is 0.368 e. The normalized spacial score (nSPS) is 17.2. The Hall–Kier alpha value is -1.96. The van der Waals surface area contributed by atoms with Crippen LogP contribution in [0.25, 0.3) is 0 Å². The predicted octanol–water partition coefficient (Wildman–Crippen LogP) is 2.05. The zero-order chi connectivity index (χ0) is 18.7. The Morgan fingerprint density at radius 2 is 1.73 bits per heavy atom. The molecule has 1 aliphatic heterocycles. The van der Waals surface area contributed by atoms with Crippen LogP contribution in [0.2, 0.25) is 5.02 Å². The topological polar surface area (TPSA) is 74.4 Å². The molecule has 0 amide bonds. The third-order valence-corrected chi connectivity index (χ3v) is 4.96. The Morgan fingerprint density at radius 1 is 1.08 bits per heavy atom. The first-order valence-corrected chi connectivity index (χ1v) is 9.20. The number of hydrogen-bond donors (Lipinski definition) is 1. The molecule has 2 heterocycles. The van der Waals surface area contributed by atoms with Crippen molar-refractivity contribution in [3.8, 4) is 0 Å². The summed E-state index contributed by atoms with van der Waals surface area (Å²) in [5.74, 6) is 1.60. The highest BCUT2D eigenvalue weighted by Crippen LogP contribution is 2.21. The van der Waals surface area contributed by atoms with E-state index in [-0.39, 0.29) is 12.0 Å². The van der Waals surface area contributed by atoms with Gasteiger partial charge in [-0.25, -0.2) is 0 Å². The molecular weight excluding hydrogens is 350 g/mol. The first-order valence-electron chi connectivity index (χ1n) is 8.82. The molecule has 1 atom stereocenters. The fraction of sp³-hybridized carbons (Fsp3) is 0.500. The molecule has 0 aliphatic carbocycles. The fourth-order valence-corrected chi connectivity index (χ4v) is 3.23. The summed E-state index contributed by atoms with van der Waals surface area (Å²) in [6.45, 7) is 7.03. The Morgan fingerprint density at radius 3 is 2.35 bits per heavy atom. The minimum atomic E-state index is 0.108. The van der Waals surface area contributed by atoms with Crippen LogP contribution < -0.4 is 10.6 Å². The number of piperazine rings is 1. The minimum absolute atomic E-state index is 0.108. The van der Waals surface area contributed by atoms with Gasteiger partial charge in [0.15, 0.2) is 5.82 Å². The van der Waals surface area contributed by atoms with Crippen LogP contribution in [-0.2, 0) is 6.54 Å². The second-order valence-electron chi connectivity index (χ2n) is 6.86.